The van der Waals surface area contributed by atoms with E-state index in [0.717, 1.165) is 40.9 Å². The van der Waals surface area contributed by atoms with Crippen LogP contribution >= 0.6 is 0 Å². The highest BCUT2D eigenvalue weighted by molar-refractivity contribution is 5.84. The molecular weight excluding hydrogens is 475 g/mol. The van der Waals surface area contributed by atoms with Gasteiger partial charge in [-0.15, -0.1) is 0 Å². The van der Waals surface area contributed by atoms with E-state index in [1.54, 1.807) is 0 Å². The molecule has 194 valence electrons. The minimum atomic E-state index is -0.227. The van der Waals surface area contributed by atoms with Crippen molar-refractivity contribution in [1.29, 1.82) is 0 Å². The van der Waals surface area contributed by atoms with Crippen LogP contribution in [0.1, 0.15) is 19.4 Å². The van der Waals surface area contributed by atoms with Crippen molar-refractivity contribution in [3.8, 4) is 28.0 Å². The molecule has 0 unspecified atom stereocenters. The Kier molecular flexibility index (Phi) is 7.85. The molecule has 4 aromatic carbocycles. The predicted molar refractivity (Wildman–Crippen MR) is 150 cm³/mol. The third-order valence-corrected chi connectivity index (χ3v) is 7.26. The molecule has 0 N–H and O–H groups in total. The molecule has 5 heteroatoms. The van der Waals surface area contributed by atoms with E-state index in [9.17, 15) is 9.18 Å². The van der Waals surface area contributed by atoms with Crippen molar-refractivity contribution in [2.75, 3.05) is 19.7 Å². The zero-order valence-electron chi connectivity index (χ0n) is 21.9. The van der Waals surface area contributed by atoms with Gasteiger partial charge in [-0.2, -0.15) is 0 Å². The number of hydrogen-bond acceptors (Lipinski definition) is 3. The van der Waals surface area contributed by atoms with E-state index in [0.29, 0.717) is 12.3 Å². The van der Waals surface area contributed by atoms with E-state index in [-0.39, 0.29) is 30.4 Å². The maximum absolute atomic E-state index is 13.5. The predicted octanol–water partition coefficient (Wildman–Crippen LogP) is 6.66. The highest BCUT2D eigenvalue weighted by atomic mass is 19.1. The third-order valence-electron chi connectivity index (χ3n) is 7.26. The zero-order chi connectivity index (χ0) is 26.5. The molecule has 1 aliphatic rings. The summed E-state index contributed by atoms with van der Waals surface area (Å²) in [7, 11) is 0. The first-order valence-electron chi connectivity index (χ1n) is 13.1. The highest BCUT2D eigenvalue weighted by Crippen LogP contribution is 2.39. The van der Waals surface area contributed by atoms with E-state index in [4.69, 9.17) is 4.74 Å². The molecule has 1 saturated heterocycles. The van der Waals surface area contributed by atoms with E-state index in [2.05, 4.69) is 43.0 Å². The van der Waals surface area contributed by atoms with Crippen LogP contribution in [0.4, 0.5) is 4.39 Å². The summed E-state index contributed by atoms with van der Waals surface area (Å²) >= 11 is 0. The fourth-order valence-corrected chi connectivity index (χ4v) is 5.19. The third kappa shape index (κ3) is 5.79. The number of carbonyl (C=O) groups is 1. The van der Waals surface area contributed by atoms with Crippen molar-refractivity contribution in [2.24, 2.45) is 0 Å². The molecule has 1 heterocycles. The Morgan fingerprint density at radius 1 is 0.763 bits per heavy atom. The number of halogens is 1. The molecule has 5 rings (SSSR count). The summed E-state index contributed by atoms with van der Waals surface area (Å²) in [4.78, 5) is 17.7. The van der Waals surface area contributed by atoms with Gasteiger partial charge in [-0.1, -0.05) is 91.0 Å². The smallest absolute Gasteiger partial charge is 0.260 e. The standard InChI is InChI=1S/C33H33FN2O2/c1-24-21-36(25(2)20-35(24)22-26-16-18-29(34)19-17-26)32(37)23-38-33-30(27-10-5-3-6-11-27)14-9-15-31(33)28-12-7-4-8-13-28/h3-19,24-25H,20-23H2,1-2H3/t24-,25+/m1/s1. The minimum Gasteiger partial charge on any atom is -0.482 e. The maximum Gasteiger partial charge on any atom is 0.260 e. The molecule has 0 aromatic heterocycles. The number of piperazine rings is 1. The Morgan fingerprint density at radius 3 is 1.92 bits per heavy atom. The first kappa shape index (κ1) is 25.7. The van der Waals surface area contributed by atoms with Gasteiger partial charge in [0.1, 0.15) is 11.6 Å². The van der Waals surface area contributed by atoms with Gasteiger partial charge in [0.2, 0.25) is 0 Å². The number of para-hydroxylation sites is 1. The van der Waals surface area contributed by atoms with E-state index >= 15 is 0 Å². The van der Waals surface area contributed by atoms with Gasteiger partial charge in [0.15, 0.2) is 6.61 Å². The molecule has 4 nitrogen and oxygen atoms in total. The quantitative estimate of drug-likeness (QED) is 0.280. The van der Waals surface area contributed by atoms with Crippen molar-refractivity contribution in [3.63, 3.8) is 0 Å². The second kappa shape index (κ2) is 11.6. The Morgan fingerprint density at radius 2 is 1.34 bits per heavy atom. The van der Waals surface area contributed by atoms with Crippen LogP contribution < -0.4 is 4.74 Å². The number of ether oxygens (including phenoxy) is 1. The summed E-state index contributed by atoms with van der Waals surface area (Å²) in [5.74, 6) is 0.469. The summed E-state index contributed by atoms with van der Waals surface area (Å²) in [5.41, 5.74) is 5.09. The number of amides is 1. The summed E-state index contributed by atoms with van der Waals surface area (Å²) in [6.07, 6.45) is 0. The van der Waals surface area contributed by atoms with Crippen LogP contribution in [-0.4, -0.2) is 47.5 Å². The lowest BCUT2D eigenvalue weighted by Crippen LogP contribution is -2.58. The van der Waals surface area contributed by atoms with Crippen LogP contribution in [0.5, 0.6) is 5.75 Å². The lowest BCUT2D eigenvalue weighted by molar-refractivity contribution is -0.139. The molecule has 0 spiro atoms. The monoisotopic (exact) mass is 508 g/mol. The van der Waals surface area contributed by atoms with Gasteiger partial charge in [0, 0.05) is 42.8 Å². The number of benzene rings is 4. The summed E-state index contributed by atoms with van der Waals surface area (Å²) in [6, 6.07) is 33.2. The molecule has 1 amide bonds. The molecule has 1 aliphatic heterocycles. The molecule has 2 atom stereocenters. The zero-order valence-corrected chi connectivity index (χ0v) is 21.9. The van der Waals surface area contributed by atoms with Crippen LogP contribution in [0.2, 0.25) is 0 Å². The number of carbonyl (C=O) groups excluding carboxylic acids is 1. The molecule has 0 aliphatic carbocycles. The van der Waals surface area contributed by atoms with E-state index in [1.165, 1.54) is 12.1 Å². The van der Waals surface area contributed by atoms with Crippen LogP contribution in [0, 0.1) is 5.82 Å². The number of rotatable bonds is 7. The van der Waals surface area contributed by atoms with Crippen LogP contribution in [0.3, 0.4) is 0 Å². The van der Waals surface area contributed by atoms with Gasteiger partial charge in [-0.25, -0.2) is 4.39 Å². The largest absolute Gasteiger partial charge is 0.482 e. The Bertz CT molecular complexity index is 1300. The Labute approximate surface area is 224 Å². The minimum absolute atomic E-state index is 0.0207. The first-order valence-corrected chi connectivity index (χ1v) is 13.1. The average molecular weight is 509 g/mol. The molecular formula is C33H33FN2O2. The highest BCUT2D eigenvalue weighted by Gasteiger charge is 2.32. The lowest BCUT2D eigenvalue weighted by Gasteiger charge is -2.44. The second-order valence-electron chi connectivity index (χ2n) is 10.0. The van der Waals surface area contributed by atoms with Crippen molar-refractivity contribution in [2.45, 2.75) is 32.5 Å². The van der Waals surface area contributed by atoms with Gasteiger partial charge < -0.3 is 9.64 Å². The van der Waals surface area contributed by atoms with Gasteiger partial charge >= 0.3 is 0 Å². The molecule has 0 bridgehead atoms. The van der Waals surface area contributed by atoms with Crippen molar-refractivity contribution in [3.05, 3.63) is 115 Å². The van der Waals surface area contributed by atoms with Gasteiger partial charge in [0.05, 0.1) is 0 Å². The molecule has 4 aromatic rings. The number of nitrogens with zero attached hydrogens (tertiary/aromatic N) is 2. The van der Waals surface area contributed by atoms with Gasteiger partial charge in [-0.3, -0.25) is 9.69 Å². The van der Waals surface area contributed by atoms with Crippen LogP contribution in [0.25, 0.3) is 22.3 Å². The van der Waals surface area contributed by atoms with Crippen molar-refractivity contribution in [1.82, 2.24) is 9.80 Å². The average Bonchev–Trinajstić information content (AvgIpc) is 2.95. The van der Waals surface area contributed by atoms with Crippen molar-refractivity contribution >= 4 is 5.91 Å². The van der Waals surface area contributed by atoms with Crippen LogP contribution in [-0.2, 0) is 11.3 Å². The lowest BCUT2D eigenvalue weighted by atomic mass is 9.97. The second-order valence-corrected chi connectivity index (χ2v) is 10.0. The fourth-order valence-electron chi connectivity index (χ4n) is 5.19. The normalized spacial score (nSPS) is 17.8. The van der Waals surface area contributed by atoms with Gasteiger partial charge in [0.25, 0.3) is 5.91 Å². The Hall–Kier alpha value is -3.96. The van der Waals surface area contributed by atoms with Crippen LogP contribution in [0.15, 0.2) is 103 Å². The topological polar surface area (TPSA) is 32.8 Å². The summed E-state index contributed by atoms with van der Waals surface area (Å²) < 4.78 is 19.7. The fraction of sp³-hybridized carbons (Fsp3) is 0.242. The number of hydrogen-bond donors (Lipinski definition) is 0. The maximum atomic E-state index is 13.5. The summed E-state index contributed by atoms with van der Waals surface area (Å²) in [6.45, 7) is 6.29. The van der Waals surface area contributed by atoms with E-state index < -0.39 is 0 Å². The SMILES string of the molecule is C[C@@H]1CN(C(=O)COc2c(-c3ccccc3)cccc2-c2ccccc2)[C@@H](C)CN1Cc1ccc(F)cc1. The van der Waals surface area contributed by atoms with Gasteiger partial charge in [-0.05, 0) is 42.7 Å². The molecule has 38 heavy (non-hydrogen) atoms. The first-order chi connectivity index (χ1) is 18.5. The summed E-state index contributed by atoms with van der Waals surface area (Å²) in [5, 5.41) is 0. The molecule has 0 saturated carbocycles. The molecule has 0 radical (unpaired) electrons. The Balaban J connectivity index is 1.32. The molecule has 1 fully saturated rings. The van der Waals surface area contributed by atoms with Crippen molar-refractivity contribution < 1.29 is 13.9 Å². The van der Waals surface area contributed by atoms with E-state index in [1.807, 2.05) is 71.6 Å².